The number of hydrogen-bond donors (Lipinski definition) is 0. The molecule has 0 saturated heterocycles. The molecule has 0 aromatic rings. The topological polar surface area (TPSA) is 143 Å². The van der Waals surface area contributed by atoms with Crippen LogP contribution in [0.3, 0.4) is 0 Å². The maximum Gasteiger partial charge on any atom is 1.00 e. The third-order valence-corrected chi connectivity index (χ3v) is 15.2. The molecule has 0 heterocycles. The van der Waals surface area contributed by atoms with E-state index in [0.29, 0.717) is 0 Å². The van der Waals surface area contributed by atoms with E-state index in [2.05, 4.69) is 0 Å². The average Bonchev–Trinajstić information content (AvgIpc) is 2.50. The third kappa shape index (κ3) is 63.4. The number of nitriles is 6. The molecule has 0 rings (SSSR count). The third-order valence-electron chi connectivity index (χ3n) is 0.316. The molecule has 0 radical (unpaired) electrons. The largest absolute Gasteiger partial charge is 1.00 e. The van der Waals surface area contributed by atoms with Crippen molar-refractivity contribution in [2.45, 2.75) is 0 Å². The number of thiocyanates is 6. The van der Waals surface area contributed by atoms with Crippen molar-refractivity contribution in [3.05, 3.63) is 0 Å². The maximum atomic E-state index is 7.91. The van der Waals surface area contributed by atoms with Crippen LogP contribution in [0.1, 0.15) is 0 Å². The monoisotopic (exact) mass is 1010 g/mol. The van der Waals surface area contributed by atoms with Crippen molar-refractivity contribution < 1.29 is 140 Å². The Morgan fingerprint density at radius 3 is 0.583 bits per heavy atom. The van der Waals surface area contributed by atoms with Gasteiger partial charge in [-0.1, -0.05) is 0 Å². The van der Waals surface area contributed by atoms with Gasteiger partial charge in [-0.2, -0.15) is 0 Å². The van der Waals surface area contributed by atoms with E-state index in [1.165, 1.54) is 55.4 Å². The van der Waals surface area contributed by atoms with Crippen molar-refractivity contribution in [3.63, 3.8) is 0 Å². The van der Waals surface area contributed by atoms with Gasteiger partial charge in [0.15, 0.2) is 0 Å². The molecule has 0 aromatic heterocycles. The molecule has 0 spiro atoms. The summed E-state index contributed by atoms with van der Waals surface area (Å²) < 4.78 is 0. The Balaban J connectivity index is -0.0000000476. The Morgan fingerprint density at radius 2 is 0.500 bits per heavy atom. The van der Waals surface area contributed by atoms with Gasteiger partial charge in [-0.05, 0) is 0 Å². The minimum atomic E-state index is -0.170. The zero-order valence-electron chi connectivity index (χ0n) is 12.0. The van der Waals surface area contributed by atoms with Gasteiger partial charge in [0.1, 0.15) is 0 Å². The van der Waals surface area contributed by atoms with Crippen LogP contribution in [0.4, 0.5) is 0 Å². The molecule has 0 N–H and O–H groups in total. The number of hydrogen-bond acceptors (Lipinski definition) is 12. The molecule has 0 aliphatic carbocycles. The molecule has 0 aliphatic heterocycles. The fourth-order valence-corrected chi connectivity index (χ4v) is 7.74. The first-order valence-electron chi connectivity index (χ1n) is 3.30. The molecule has 0 amide bonds. The van der Waals surface area contributed by atoms with E-state index in [9.17, 15) is 0 Å². The zero-order chi connectivity index (χ0) is 16.6. The second-order valence-corrected chi connectivity index (χ2v) is 21.8. The van der Waals surface area contributed by atoms with Crippen LogP contribution in [0.5, 0.6) is 0 Å². The molecule has 18 heteroatoms. The van der Waals surface area contributed by atoms with Crippen LogP contribution in [0.15, 0.2) is 0 Å². The van der Waals surface area contributed by atoms with Crippen LogP contribution in [-0.4, -0.2) is 0 Å². The molecule has 0 atom stereocenters. The van der Waals surface area contributed by atoms with Gasteiger partial charge in [0.2, 0.25) is 0 Å². The van der Waals surface area contributed by atoms with E-state index in [4.69, 9.17) is 31.6 Å². The van der Waals surface area contributed by atoms with Gasteiger partial charge in [-0.15, -0.1) is 0 Å². The summed E-state index contributed by atoms with van der Waals surface area (Å²) in [6, 6.07) is 0. The van der Waals surface area contributed by atoms with Crippen LogP contribution >= 0.6 is 55.4 Å². The second-order valence-electron chi connectivity index (χ2n) is 1.07. The molecule has 0 saturated carbocycles. The van der Waals surface area contributed by atoms with Gasteiger partial charge < -0.3 is 0 Å². The summed E-state index contributed by atoms with van der Waals surface area (Å²) in [7, 11) is 7.06. The summed E-state index contributed by atoms with van der Waals surface area (Å²) in [4.78, 5) is 0. The van der Waals surface area contributed by atoms with E-state index < -0.39 is 0 Å². The van der Waals surface area contributed by atoms with Crippen molar-refractivity contribution in [3.8, 4) is 32.4 Å². The van der Waals surface area contributed by atoms with E-state index in [-0.39, 0.29) is 140 Å². The van der Waals surface area contributed by atoms with Crippen molar-refractivity contribution in [1.82, 2.24) is 0 Å². The summed E-state index contributed by atoms with van der Waals surface area (Å²) in [5.74, 6) is 0. The summed E-state index contributed by atoms with van der Waals surface area (Å²) in [6.45, 7) is 0. The SMILES string of the molecule is N#C[S][Au-][S]C#N.N#C[S][Au-][S]C#N.N#C[S][Au-][S]C#N.[Na+].[Na+].[Na+]. The second kappa shape index (κ2) is 50.7. The van der Waals surface area contributed by atoms with Crippen LogP contribution < -0.4 is 88.7 Å². The molecule has 6 nitrogen and oxygen atoms in total. The summed E-state index contributed by atoms with van der Waals surface area (Å²) in [5, 5.41) is 58.8. The number of nitrogens with zero attached hydrogens (tertiary/aromatic N) is 6. The molecule has 0 fully saturated rings. The van der Waals surface area contributed by atoms with Gasteiger partial charge in [-0.3, -0.25) is 0 Å². The Kier molecular flexibility index (Phi) is 89.5. The van der Waals surface area contributed by atoms with Gasteiger partial charge in [0, 0.05) is 0 Å². The summed E-state index contributed by atoms with van der Waals surface area (Å²) in [6.07, 6.45) is 0. The van der Waals surface area contributed by atoms with Crippen LogP contribution in [0, 0.1) is 64.0 Å². The van der Waals surface area contributed by atoms with Gasteiger partial charge in [0.25, 0.3) is 0 Å². The van der Waals surface area contributed by atoms with E-state index in [1.807, 2.05) is 32.4 Å². The first-order chi connectivity index (χ1) is 10.2. The number of rotatable bonds is 6. The minimum absolute atomic E-state index is 0. The summed E-state index contributed by atoms with van der Waals surface area (Å²) >= 11 is -0.509. The molecular formula is C6Au3N6Na3S6. The van der Waals surface area contributed by atoms with Crippen molar-refractivity contribution in [2.75, 3.05) is 0 Å². The van der Waals surface area contributed by atoms with E-state index >= 15 is 0 Å². The molecule has 24 heavy (non-hydrogen) atoms. The quantitative estimate of drug-likeness (QED) is 0.143. The van der Waals surface area contributed by atoms with Crippen molar-refractivity contribution >= 4 is 55.4 Å². The van der Waals surface area contributed by atoms with E-state index in [0.717, 1.165) is 0 Å². The van der Waals surface area contributed by atoms with Crippen LogP contribution in [0.25, 0.3) is 0 Å². The maximum absolute atomic E-state index is 7.91. The Labute approximate surface area is 253 Å². The predicted octanol–water partition coefficient (Wildman–Crippen LogP) is -5.01. The van der Waals surface area contributed by atoms with Crippen LogP contribution in [0.2, 0.25) is 0 Å². The van der Waals surface area contributed by atoms with Gasteiger partial charge >= 0.3 is 259 Å². The van der Waals surface area contributed by atoms with E-state index in [1.54, 1.807) is 0 Å². The van der Waals surface area contributed by atoms with Gasteiger partial charge in [-0.25, -0.2) is 0 Å². The molecule has 126 valence electrons. The minimum Gasteiger partial charge on any atom is 1.00 e. The summed E-state index contributed by atoms with van der Waals surface area (Å²) in [5.41, 5.74) is 0. The molecular weight excluding hydrogens is 1010 g/mol. The first kappa shape index (κ1) is 42.4. The molecule has 0 bridgehead atoms. The Morgan fingerprint density at radius 1 is 0.375 bits per heavy atom. The standard InChI is InChI=1S/6CHNS.3Au.3Na/c6*2-1-3;;;;;;/h6*3H;;;;;;/q;;;;;;6*+1/p-6. The van der Waals surface area contributed by atoms with Crippen molar-refractivity contribution in [1.29, 1.82) is 31.6 Å². The average molecular weight is 1010 g/mol. The predicted molar refractivity (Wildman–Crippen MR) is 79.2 cm³/mol. The normalized spacial score (nSPS) is 6.25. The Hall–Kier alpha value is 4.26. The zero-order valence-corrected chi connectivity index (χ0v) is 29.4. The smallest absolute Gasteiger partial charge is 1.00 e. The molecule has 0 aromatic carbocycles. The Bertz CT molecular complexity index is 378. The van der Waals surface area contributed by atoms with Crippen LogP contribution in [-0.2, 0) is 51.3 Å². The molecule has 0 unspecified atom stereocenters. The van der Waals surface area contributed by atoms with Gasteiger partial charge in [0.05, 0.1) is 0 Å². The fourth-order valence-electron chi connectivity index (χ4n) is 0.105. The van der Waals surface area contributed by atoms with Crippen molar-refractivity contribution in [2.24, 2.45) is 0 Å². The molecule has 0 aliphatic rings. The fraction of sp³-hybridized carbons (Fsp3) is 0. The first-order valence-corrected chi connectivity index (χ1v) is 23.2.